The number of nitrogens with one attached hydrogen (secondary N) is 3. The molecule has 1 heterocycles. The maximum absolute atomic E-state index is 12.3. The molecule has 0 saturated heterocycles. The van der Waals surface area contributed by atoms with Crippen molar-refractivity contribution in [3.63, 3.8) is 0 Å². The van der Waals surface area contributed by atoms with E-state index in [-0.39, 0.29) is 36.9 Å². The van der Waals surface area contributed by atoms with E-state index in [1.807, 2.05) is 24.3 Å². The highest BCUT2D eigenvalue weighted by molar-refractivity contribution is 7.92. The molecule has 4 rings (SSSR count). The Morgan fingerprint density at radius 2 is 1.67 bits per heavy atom. The van der Waals surface area contributed by atoms with Crippen LogP contribution >= 0.6 is 0 Å². The number of amides is 1. The number of aromatic nitrogens is 1. The second kappa shape index (κ2) is 10.5. The van der Waals surface area contributed by atoms with Crippen LogP contribution < -0.4 is 21.1 Å². The van der Waals surface area contributed by atoms with Crippen molar-refractivity contribution in [3.8, 4) is 0 Å². The van der Waals surface area contributed by atoms with Gasteiger partial charge in [-0.1, -0.05) is 18.2 Å². The number of pyridine rings is 1. The number of para-hydroxylation sites is 1. The topological polar surface area (TPSA) is 169 Å². The van der Waals surface area contributed by atoms with Crippen LogP contribution in [0.25, 0.3) is 21.8 Å². The maximum atomic E-state index is 12.3. The molecule has 4 aromatic rings. The van der Waals surface area contributed by atoms with E-state index in [9.17, 15) is 23.3 Å². The van der Waals surface area contributed by atoms with E-state index in [2.05, 4.69) is 20.3 Å². The van der Waals surface area contributed by atoms with Crippen LogP contribution in [-0.4, -0.2) is 43.1 Å². The molecule has 0 unspecified atom stereocenters. The average molecular weight is 509 g/mol. The lowest BCUT2D eigenvalue weighted by Crippen LogP contribution is -2.32. The van der Waals surface area contributed by atoms with Gasteiger partial charge in [0.2, 0.25) is 15.9 Å². The number of anilines is 3. The molecule has 0 aliphatic carbocycles. The normalized spacial score (nSPS) is 11.4. The summed E-state index contributed by atoms with van der Waals surface area (Å²) in [5, 5.41) is 18.6. The fraction of sp³-hybridized carbons (Fsp3) is 0.167. The van der Waals surface area contributed by atoms with Crippen molar-refractivity contribution in [2.24, 2.45) is 5.73 Å². The minimum absolute atomic E-state index is 0.0197. The number of nitro groups is 1. The summed E-state index contributed by atoms with van der Waals surface area (Å²) in [4.78, 5) is 26.8. The standard InChI is InChI=1S/C24H24N6O5S/c25-12-11-23(31)26-13-14-36(34,35)29-17-7-5-16(6-8-17)27-24-19-3-1-2-4-21(19)28-22-15-18(30(32)33)9-10-20(22)24/h1-10,15,29H,11-14,25H2,(H,26,31)(H,27,28). The minimum atomic E-state index is -3.67. The van der Waals surface area contributed by atoms with Crippen LogP contribution in [0.15, 0.2) is 66.7 Å². The van der Waals surface area contributed by atoms with E-state index in [4.69, 9.17) is 5.73 Å². The number of hydrogen-bond acceptors (Lipinski definition) is 8. The second-order valence-corrected chi connectivity index (χ2v) is 9.82. The van der Waals surface area contributed by atoms with E-state index in [1.165, 1.54) is 12.1 Å². The van der Waals surface area contributed by atoms with Crippen LogP contribution in [0.3, 0.4) is 0 Å². The number of nitrogens with two attached hydrogens (primary N) is 1. The van der Waals surface area contributed by atoms with Gasteiger partial charge >= 0.3 is 0 Å². The first-order valence-corrected chi connectivity index (χ1v) is 12.7. The number of carbonyl (C=O) groups is 1. The van der Waals surface area contributed by atoms with Gasteiger partial charge in [0.15, 0.2) is 0 Å². The van der Waals surface area contributed by atoms with Crippen molar-refractivity contribution in [2.45, 2.75) is 6.42 Å². The van der Waals surface area contributed by atoms with Crippen molar-refractivity contribution in [1.82, 2.24) is 10.3 Å². The van der Waals surface area contributed by atoms with Crippen LogP contribution in [0.4, 0.5) is 22.7 Å². The molecule has 0 aliphatic rings. The highest BCUT2D eigenvalue weighted by Crippen LogP contribution is 2.34. The lowest BCUT2D eigenvalue weighted by molar-refractivity contribution is -0.384. The molecular formula is C24H24N6O5S. The van der Waals surface area contributed by atoms with E-state index >= 15 is 0 Å². The number of sulfonamides is 1. The third-order valence-corrected chi connectivity index (χ3v) is 6.66. The number of hydrogen-bond donors (Lipinski definition) is 4. The lowest BCUT2D eigenvalue weighted by Gasteiger charge is -2.14. The molecule has 0 atom stereocenters. The molecule has 0 aliphatic heterocycles. The third kappa shape index (κ3) is 5.85. The number of carbonyl (C=O) groups excluding carboxylic acids is 1. The molecule has 0 saturated carbocycles. The molecule has 11 nitrogen and oxygen atoms in total. The lowest BCUT2D eigenvalue weighted by atomic mass is 10.1. The summed E-state index contributed by atoms with van der Waals surface area (Å²) in [6.45, 7) is 0.177. The number of fused-ring (bicyclic) bond motifs is 2. The Morgan fingerprint density at radius 3 is 2.39 bits per heavy atom. The molecule has 3 aromatic carbocycles. The van der Waals surface area contributed by atoms with Crippen molar-refractivity contribution < 1.29 is 18.1 Å². The van der Waals surface area contributed by atoms with Gasteiger partial charge in [0, 0.05) is 53.8 Å². The third-order valence-electron chi connectivity index (χ3n) is 5.37. The summed E-state index contributed by atoms with van der Waals surface area (Å²) in [7, 11) is -3.67. The Hall–Kier alpha value is -4.29. The predicted octanol–water partition coefficient (Wildman–Crippen LogP) is 3.25. The molecule has 5 N–H and O–H groups in total. The van der Waals surface area contributed by atoms with Crippen molar-refractivity contribution in [1.29, 1.82) is 0 Å². The summed E-state index contributed by atoms with van der Waals surface area (Å²) in [5.41, 5.74) is 8.19. The van der Waals surface area contributed by atoms with Gasteiger partial charge in [-0.3, -0.25) is 19.6 Å². The van der Waals surface area contributed by atoms with E-state index in [0.717, 1.165) is 11.1 Å². The number of nitrogens with zero attached hydrogens (tertiary/aromatic N) is 2. The number of rotatable bonds is 10. The highest BCUT2D eigenvalue weighted by atomic mass is 32.2. The van der Waals surface area contributed by atoms with Crippen LogP contribution in [0, 0.1) is 10.1 Å². The van der Waals surface area contributed by atoms with Gasteiger partial charge in [0.05, 0.1) is 27.4 Å². The number of benzene rings is 3. The Bertz CT molecular complexity index is 1540. The molecule has 0 bridgehead atoms. The van der Waals surface area contributed by atoms with E-state index in [0.29, 0.717) is 27.8 Å². The minimum Gasteiger partial charge on any atom is -0.355 e. The van der Waals surface area contributed by atoms with Crippen LogP contribution in [-0.2, 0) is 14.8 Å². The molecule has 0 spiro atoms. The van der Waals surface area contributed by atoms with Gasteiger partial charge in [-0.25, -0.2) is 13.4 Å². The Labute approximate surface area is 206 Å². The number of non-ortho nitro benzene ring substituents is 1. The Balaban J connectivity index is 1.54. The van der Waals surface area contributed by atoms with Gasteiger partial charge in [0.1, 0.15) is 0 Å². The van der Waals surface area contributed by atoms with Gasteiger partial charge in [-0.05, 0) is 36.4 Å². The molecule has 1 aromatic heterocycles. The largest absolute Gasteiger partial charge is 0.355 e. The molecule has 0 radical (unpaired) electrons. The zero-order chi connectivity index (χ0) is 25.7. The Morgan fingerprint density at radius 1 is 0.972 bits per heavy atom. The molecule has 0 fully saturated rings. The molecule has 1 amide bonds. The summed E-state index contributed by atoms with van der Waals surface area (Å²) in [6.07, 6.45) is 0.140. The molecule has 36 heavy (non-hydrogen) atoms. The second-order valence-electron chi connectivity index (χ2n) is 7.97. The molecule has 12 heteroatoms. The summed E-state index contributed by atoms with van der Waals surface area (Å²) in [6, 6.07) is 18.6. The van der Waals surface area contributed by atoms with Crippen LogP contribution in [0.2, 0.25) is 0 Å². The zero-order valence-electron chi connectivity index (χ0n) is 19.1. The summed E-state index contributed by atoms with van der Waals surface area (Å²) < 4.78 is 27.1. The molecule has 186 valence electrons. The van der Waals surface area contributed by atoms with Crippen LogP contribution in [0.1, 0.15) is 6.42 Å². The number of nitro benzene ring substituents is 1. The van der Waals surface area contributed by atoms with Gasteiger partial charge in [-0.2, -0.15) is 0 Å². The first-order valence-electron chi connectivity index (χ1n) is 11.1. The van der Waals surface area contributed by atoms with Crippen LogP contribution in [0.5, 0.6) is 0 Å². The summed E-state index contributed by atoms with van der Waals surface area (Å²) in [5.74, 6) is -0.571. The Kier molecular flexibility index (Phi) is 7.27. The fourth-order valence-corrected chi connectivity index (χ4v) is 4.64. The maximum Gasteiger partial charge on any atom is 0.271 e. The van der Waals surface area contributed by atoms with E-state index in [1.54, 1.807) is 30.3 Å². The smallest absolute Gasteiger partial charge is 0.271 e. The quantitative estimate of drug-likeness (QED) is 0.144. The van der Waals surface area contributed by atoms with Gasteiger partial charge in [0.25, 0.3) is 5.69 Å². The SMILES string of the molecule is NCCC(=O)NCCS(=O)(=O)Nc1ccc(Nc2c3ccccc3nc3cc([N+](=O)[O-])ccc23)cc1. The van der Waals surface area contributed by atoms with Crippen molar-refractivity contribution in [2.75, 3.05) is 28.9 Å². The van der Waals surface area contributed by atoms with E-state index < -0.39 is 14.9 Å². The van der Waals surface area contributed by atoms with Crippen molar-refractivity contribution in [3.05, 3.63) is 76.8 Å². The van der Waals surface area contributed by atoms with Crippen molar-refractivity contribution >= 4 is 60.5 Å². The highest BCUT2D eigenvalue weighted by Gasteiger charge is 2.14. The fourth-order valence-electron chi connectivity index (χ4n) is 3.67. The van der Waals surface area contributed by atoms with Gasteiger partial charge < -0.3 is 16.4 Å². The average Bonchev–Trinajstić information content (AvgIpc) is 2.84. The first-order chi connectivity index (χ1) is 17.3. The monoisotopic (exact) mass is 508 g/mol. The molecular weight excluding hydrogens is 484 g/mol. The predicted molar refractivity (Wildman–Crippen MR) is 140 cm³/mol. The zero-order valence-corrected chi connectivity index (χ0v) is 19.9. The summed E-state index contributed by atoms with van der Waals surface area (Å²) >= 11 is 0. The first kappa shape index (κ1) is 24.8. The van der Waals surface area contributed by atoms with Gasteiger partial charge in [-0.15, -0.1) is 0 Å².